The smallest absolute Gasteiger partial charge is 0.320 e. The molecule has 6 heteroatoms. The lowest BCUT2D eigenvalue weighted by molar-refractivity contribution is -0.181. The monoisotopic (exact) mass is 373 g/mol. The van der Waals surface area contributed by atoms with Crippen molar-refractivity contribution >= 4 is 23.3 Å². The first-order valence-electron chi connectivity index (χ1n) is 9.09. The number of hydrogen-bond donors (Lipinski definition) is 2. The van der Waals surface area contributed by atoms with Crippen molar-refractivity contribution in [2.75, 3.05) is 5.32 Å². The van der Waals surface area contributed by atoms with Crippen LogP contribution in [0, 0.1) is 11.3 Å². The number of aliphatic carboxylic acids is 1. The second-order valence-corrected chi connectivity index (χ2v) is 7.37. The van der Waals surface area contributed by atoms with E-state index in [9.17, 15) is 19.5 Å². The molecule has 0 aliphatic carbocycles. The summed E-state index contributed by atoms with van der Waals surface area (Å²) < 4.78 is 5.95. The van der Waals surface area contributed by atoms with Crippen LogP contribution in [0.2, 0.25) is 0 Å². The Morgan fingerprint density at radius 1 is 1.30 bits per heavy atom. The molecule has 1 heterocycles. The largest absolute Gasteiger partial charge is 0.480 e. The van der Waals surface area contributed by atoms with Gasteiger partial charge in [-0.3, -0.25) is 14.4 Å². The maximum Gasteiger partial charge on any atom is 0.320 e. The Labute approximate surface area is 159 Å². The Hall–Kier alpha value is -2.47. The number of carbonyl (C=O) groups is 3. The second kappa shape index (κ2) is 8.05. The average molecular weight is 373 g/mol. The zero-order valence-electron chi connectivity index (χ0n) is 16.2. The molecule has 2 N–H and O–H groups in total. The van der Waals surface area contributed by atoms with Crippen molar-refractivity contribution in [1.82, 2.24) is 0 Å². The summed E-state index contributed by atoms with van der Waals surface area (Å²) in [4.78, 5) is 36.2. The van der Waals surface area contributed by atoms with Crippen molar-refractivity contribution in [1.29, 1.82) is 0 Å². The first kappa shape index (κ1) is 20.8. The summed E-state index contributed by atoms with van der Waals surface area (Å²) >= 11 is 0. The third-order valence-electron chi connectivity index (χ3n) is 5.27. The number of anilines is 1. The Balaban J connectivity index is 2.23. The number of benzene rings is 1. The van der Waals surface area contributed by atoms with E-state index < -0.39 is 35.3 Å². The Morgan fingerprint density at radius 3 is 2.37 bits per heavy atom. The molecule has 1 amide bonds. The Kier molecular flexibility index (Phi) is 6.21. The van der Waals surface area contributed by atoms with Gasteiger partial charge in [-0.25, -0.2) is 0 Å². The van der Waals surface area contributed by atoms with Crippen molar-refractivity contribution < 1.29 is 24.2 Å². The van der Waals surface area contributed by atoms with Gasteiger partial charge in [0.1, 0.15) is 0 Å². The minimum Gasteiger partial charge on any atom is -0.480 e. The van der Waals surface area contributed by atoms with E-state index in [1.54, 1.807) is 32.9 Å². The lowest BCUT2D eigenvalue weighted by atomic mass is 9.64. The summed E-state index contributed by atoms with van der Waals surface area (Å²) in [5.74, 6) is -2.18. The van der Waals surface area contributed by atoms with Gasteiger partial charge in [-0.15, -0.1) is 0 Å². The van der Waals surface area contributed by atoms with Gasteiger partial charge >= 0.3 is 5.97 Å². The molecule has 1 aromatic rings. The summed E-state index contributed by atoms with van der Waals surface area (Å²) in [6.07, 6.45) is -0.291. The number of aryl methyl sites for hydroxylation is 1. The van der Waals surface area contributed by atoms with Crippen LogP contribution < -0.4 is 5.32 Å². The molecule has 0 aromatic heterocycles. The quantitative estimate of drug-likeness (QED) is 0.590. The summed E-state index contributed by atoms with van der Waals surface area (Å²) in [6, 6.07) is 7.33. The highest BCUT2D eigenvalue weighted by molar-refractivity contribution is 6.13. The summed E-state index contributed by atoms with van der Waals surface area (Å²) in [5.41, 5.74) is 0.254. The summed E-state index contributed by atoms with van der Waals surface area (Å²) in [5, 5.41) is 12.6. The van der Waals surface area contributed by atoms with Gasteiger partial charge in [-0.2, -0.15) is 0 Å². The number of carboxylic acids is 1. The number of ketones is 1. The molecule has 27 heavy (non-hydrogen) atoms. The van der Waals surface area contributed by atoms with Gasteiger partial charge in [0.2, 0.25) is 5.91 Å². The van der Waals surface area contributed by atoms with Crippen molar-refractivity contribution in [2.24, 2.45) is 11.3 Å². The van der Waals surface area contributed by atoms with E-state index in [4.69, 9.17) is 4.74 Å². The van der Waals surface area contributed by atoms with Crippen molar-refractivity contribution in [3.8, 4) is 0 Å². The number of Topliss-reactive ketones (excluding diaryl/α,β-unsaturated/α-hetero) is 1. The second-order valence-electron chi connectivity index (χ2n) is 7.37. The topological polar surface area (TPSA) is 92.7 Å². The molecule has 0 spiro atoms. The first-order valence-corrected chi connectivity index (χ1v) is 9.09. The molecule has 146 valence electrons. The van der Waals surface area contributed by atoms with Crippen LogP contribution in [0.1, 0.15) is 39.7 Å². The SMILES string of the molecule is C=C1C(=O)[C@@](C(=O)O)(C(C)C)[C@H](CCc2ccc(NC(C)=O)cc2)O[C@@H]1C. The minimum atomic E-state index is -1.63. The highest BCUT2D eigenvalue weighted by atomic mass is 16.5. The van der Waals surface area contributed by atoms with E-state index in [0.717, 1.165) is 5.56 Å². The van der Waals surface area contributed by atoms with E-state index in [2.05, 4.69) is 11.9 Å². The molecular weight excluding hydrogens is 346 g/mol. The van der Waals surface area contributed by atoms with Gasteiger partial charge in [0, 0.05) is 18.2 Å². The van der Waals surface area contributed by atoms with Crippen LogP contribution in [0.4, 0.5) is 5.69 Å². The third-order valence-corrected chi connectivity index (χ3v) is 5.27. The molecule has 3 atom stereocenters. The van der Waals surface area contributed by atoms with Crippen LogP contribution in [0.3, 0.4) is 0 Å². The predicted octanol–water partition coefficient (Wildman–Crippen LogP) is 3.22. The Morgan fingerprint density at radius 2 is 1.89 bits per heavy atom. The number of ether oxygens (including phenoxy) is 1. The van der Waals surface area contributed by atoms with Crippen molar-refractivity contribution in [2.45, 2.75) is 52.7 Å². The van der Waals surface area contributed by atoms with E-state index in [-0.39, 0.29) is 11.5 Å². The number of hydrogen-bond acceptors (Lipinski definition) is 4. The van der Waals surface area contributed by atoms with Crippen LogP contribution in [0.15, 0.2) is 36.4 Å². The van der Waals surface area contributed by atoms with Crippen LogP contribution in [0.25, 0.3) is 0 Å². The van der Waals surface area contributed by atoms with Crippen molar-refractivity contribution in [3.05, 3.63) is 42.0 Å². The van der Waals surface area contributed by atoms with Crippen LogP contribution in [0.5, 0.6) is 0 Å². The van der Waals surface area contributed by atoms with Crippen LogP contribution in [-0.4, -0.2) is 35.0 Å². The molecule has 2 rings (SSSR count). The fraction of sp³-hybridized carbons (Fsp3) is 0.476. The third kappa shape index (κ3) is 3.95. The predicted molar refractivity (Wildman–Crippen MR) is 102 cm³/mol. The molecule has 1 aliphatic rings. The number of nitrogens with one attached hydrogen (secondary N) is 1. The molecule has 0 unspecified atom stereocenters. The maximum atomic E-state index is 12.9. The number of rotatable bonds is 6. The maximum absolute atomic E-state index is 12.9. The van der Waals surface area contributed by atoms with Gasteiger partial charge in [0.05, 0.1) is 12.2 Å². The molecule has 0 saturated carbocycles. The van der Waals surface area contributed by atoms with Gasteiger partial charge in [0.25, 0.3) is 0 Å². The standard InChI is InChI=1S/C21H27NO5/c1-12(2)21(20(25)26)18(27-14(4)13(3)19(21)24)11-8-16-6-9-17(10-7-16)22-15(5)23/h6-7,9-10,12,14,18H,3,8,11H2,1-2,4-5H3,(H,22,23)(H,25,26)/t14-,18+,21-/m1/s1. The van der Waals surface area contributed by atoms with Crippen molar-refractivity contribution in [3.63, 3.8) is 0 Å². The van der Waals surface area contributed by atoms with E-state index >= 15 is 0 Å². The van der Waals surface area contributed by atoms with Gasteiger partial charge in [-0.1, -0.05) is 32.6 Å². The molecule has 1 fully saturated rings. The van der Waals surface area contributed by atoms with Gasteiger partial charge in [-0.05, 0) is 43.4 Å². The molecular formula is C21H27NO5. The molecule has 6 nitrogen and oxygen atoms in total. The zero-order chi connectivity index (χ0) is 20.4. The summed E-state index contributed by atoms with van der Waals surface area (Å²) in [6.45, 7) is 10.4. The van der Waals surface area contributed by atoms with E-state index in [0.29, 0.717) is 18.5 Å². The Bertz CT molecular complexity index is 752. The first-order chi connectivity index (χ1) is 12.6. The minimum absolute atomic E-state index is 0.144. The molecule has 0 radical (unpaired) electrons. The zero-order valence-corrected chi connectivity index (χ0v) is 16.2. The summed E-state index contributed by atoms with van der Waals surface area (Å²) in [7, 11) is 0. The number of carbonyl (C=O) groups excluding carboxylic acids is 2. The van der Waals surface area contributed by atoms with Gasteiger partial charge < -0.3 is 15.2 Å². The molecule has 1 aromatic carbocycles. The highest BCUT2D eigenvalue weighted by Gasteiger charge is 2.59. The number of carboxylic acid groups (broad SMARTS) is 1. The molecule has 1 saturated heterocycles. The molecule has 0 bridgehead atoms. The van der Waals surface area contributed by atoms with Crippen LogP contribution >= 0.6 is 0 Å². The van der Waals surface area contributed by atoms with E-state index in [1.165, 1.54) is 6.92 Å². The number of amides is 1. The average Bonchev–Trinajstić information content (AvgIpc) is 2.58. The fourth-order valence-electron chi connectivity index (χ4n) is 3.70. The molecule has 1 aliphatic heterocycles. The van der Waals surface area contributed by atoms with E-state index in [1.807, 2.05) is 12.1 Å². The fourth-order valence-corrected chi connectivity index (χ4v) is 3.70. The lowest BCUT2D eigenvalue weighted by Gasteiger charge is -2.45. The normalized spacial score (nSPS) is 25.5. The lowest BCUT2D eigenvalue weighted by Crippen LogP contribution is -2.59. The highest BCUT2D eigenvalue weighted by Crippen LogP contribution is 2.44. The van der Waals surface area contributed by atoms with Crippen LogP contribution in [-0.2, 0) is 25.5 Å². The van der Waals surface area contributed by atoms with Gasteiger partial charge in [0.15, 0.2) is 11.2 Å².